The second-order valence-corrected chi connectivity index (χ2v) is 10.8. The molecule has 0 aliphatic heterocycles. The molecule has 0 aliphatic carbocycles. The minimum Gasteiger partial charge on any atom is -0.505 e. The molecule has 5 nitrogen and oxygen atoms in total. The van der Waals surface area contributed by atoms with Crippen molar-refractivity contribution < 1.29 is 17.9 Å². The average Bonchev–Trinajstić information content (AvgIpc) is 2.83. The molecule has 0 bridgehead atoms. The second kappa shape index (κ2) is 10.5. The summed E-state index contributed by atoms with van der Waals surface area (Å²) in [5, 5.41) is 10.9. The number of rotatable bonds is 7. The van der Waals surface area contributed by atoms with Crippen molar-refractivity contribution >= 4 is 44.8 Å². The Morgan fingerprint density at radius 3 is 2.23 bits per heavy atom. The van der Waals surface area contributed by atoms with Crippen molar-refractivity contribution in [1.82, 2.24) is 9.29 Å². The van der Waals surface area contributed by atoms with Gasteiger partial charge in [0.05, 0.1) is 23.0 Å². The van der Waals surface area contributed by atoms with Gasteiger partial charge in [0, 0.05) is 22.2 Å². The first-order chi connectivity index (χ1) is 16.6. The molecule has 0 unspecified atom stereocenters. The Morgan fingerprint density at radius 2 is 1.54 bits per heavy atom. The van der Waals surface area contributed by atoms with Gasteiger partial charge >= 0.3 is 0 Å². The number of phenols is 1. The van der Waals surface area contributed by atoms with Crippen molar-refractivity contribution in [3.05, 3.63) is 111 Å². The van der Waals surface area contributed by atoms with Crippen molar-refractivity contribution in [3.8, 4) is 17.0 Å². The van der Waals surface area contributed by atoms with E-state index in [1.807, 2.05) is 12.1 Å². The number of pyridine rings is 1. The monoisotopic (exact) mass is 550 g/mol. The molecular weight excluding hydrogens is 534 g/mol. The zero-order chi connectivity index (χ0) is 25.2. The van der Waals surface area contributed by atoms with Crippen molar-refractivity contribution in [2.45, 2.75) is 18.0 Å². The molecule has 10 heteroatoms. The minimum absolute atomic E-state index is 0.0518. The van der Waals surface area contributed by atoms with E-state index in [4.69, 9.17) is 34.8 Å². The molecular formula is C25H18Cl3FN2O3S. The van der Waals surface area contributed by atoms with Crippen LogP contribution in [-0.4, -0.2) is 22.8 Å². The molecule has 0 aliphatic rings. The van der Waals surface area contributed by atoms with Crippen LogP contribution < -0.4 is 0 Å². The zero-order valence-electron chi connectivity index (χ0n) is 18.0. The molecule has 0 fully saturated rings. The van der Waals surface area contributed by atoms with Crippen LogP contribution in [0, 0.1) is 5.82 Å². The Balaban J connectivity index is 1.75. The fraction of sp³-hybridized carbons (Fsp3) is 0.0800. The van der Waals surface area contributed by atoms with E-state index in [9.17, 15) is 17.9 Å². The first-order valence-electron chi connectivity index (χ1n) is 10.3. The van der Waals surface area contributed by atoms with Crippen molar-refractivity contribution in [3.63, 3.8) is 0 Å². The summed E-state index contributed by atoms with van der Waals surface area (Å²) in [6.45, 7) is -0.246. The topological polar surface area (TPSA) is 70.5 Å². The minimum atomic E-state index is -4.30. The van der Waals surface area contributed by atoms with Gasteiger partial charge in [-0.2, -0.15) is 4.31 Å². The van der Waals surface area contributed by atoms with Gasteiger partial charge in [-0.15, -0.1) is 0 Å². The molecule has 1 heterocycles. The van der Waals surface area contributed by atoms with Crippen molar-refractivity contribution in [2.75, 3.05) is 0 Å². The van der Waals surface area contributed by atoms with Crippen LogP contribution >= 0.6 is 34.8 Å². The van der Waals surface area contributed by atoms with Crippen LogP contribution in [0.3, 0.4) is 0 Å². The lowest BCUT2D eigenvalue weighted by molar-refractivity contribution is 0.391. The Bertz CT molecular complexity index is 1460. The van der Waals surface area contributed by atoms with Gasteiger partial charge in [0.15, 0.2) is 5.75 Å². The molecule has 0 radical (unpaired) electrons. The standard InChI is InChI=1S/C25H18Cl3FN2O3S/c26-18-8-6-17(7-9-18)23-3-1-2-21(30-23)15-31(14-16-4-10-20(29)11-5-16)35(33,34)24-13-19(27)12-22(28)25(24)32/h1-13,32H,14-15H2. The van der Waals surface area contributed by atoms with E-state index in [1.165, 1.54) is 30.3 Å². The maximum absolute atomic E-state index is 13.7. The third-order valence-corrected chi connectivity index (χ3v) is 7.73. The number of halogens is 4. The zero-order valence-corrected chi connectivity index (χ0v) is 21.1. The maximum Gasteiger partial charge on any atom is 0.247 e. The van der Waals surface area contributed by atoms with Gasteiger partial charge in [-0.05, 0) is 54.1 Å². The highest BCUT2D eigenvalue weighted by Gasteiger charge is 2.30. The largest absolute Gasteiger partial charge is 0.505 e. The summed E-state index contributed by atoms with van der Waals surface area (Å²) in [6, 6.07) is 20.2. The Kier molecular flexibility index (Phi) is 7.64. The summed E-state index contributed by atoms with van der Waals surface area (Å²) in [7, 11) is -4.30. The number of aromatic nitrogens is 1. The quantitative estimate of drug-likeness (QED) is 0.270. The fourth-order valence-electron chi connectivity index (χ4n) is 3.43. The molecule has 4 aromatic rings. The third-order valence-electron chi connectivity index (χ3n) is 5.17. The van der Waals surface area contributed by atoms with Crippen molar-refractivity contribution in [1.29, 1.82) is 0 Å². The predicted octanol–water partition coefficient (Wildman–Crippen LogP) is 6.94. The first kappa shape index (κ1) is 25.4. The van der Waals surface area contributed by atoms with E-state index in [0.29, 0.717) is 22.0 Å². The number of nitrogens with zero attached hydrogens (tertiary/aromatic N) is 2. The Hall–Kier alpha value is -2.68. The normalized spacial score (nSPS) is 11.7. The fourth-order valence-corrected chi connectivity index (χ4v) is 5.70. The summed E-state index contributed by atoms with van der Waals surface area (Å²) >= 11 is 18.0. The van der Waals surface area contributed by atoms with Crippen LogP contribution in [0.5, 0.6) is 5.75 Å². The summed E-state index contributed by atoms with van der Waals surface area (Å²) in [6.07, 6.45) is 0. The van der Waals surface area contributed by atoms with Crippen LogP contribution in [0.2, 0.25) is 15.1 Å². The summed E-state index contributed by atoms with van der Waals surface area (Å²) in [5.41, 5.74) is 2.43. The molecule has 3 aromatic carbocycles. The SMILES string of the molecule is O=S(=O)(c1cc(Cl)cc(Cl)c1O)N(Cc1ccc(F)cc1)Cc1cccc(-c2ccc(Cl)cc2)n1. The maximum atomic E-state index is 13.7. The molecule has 0 atom stereocenters. The first-order valence-corrected chi connectivity index (χ1v) is 12.9. The number of benzene rings is 3. The lowest BCUT2D eigenvalue weighted by Crippen LogP contribution is -2.30. The van der Waals surface area contributed by atoms with Crippen LogP contribution in [0.15, 0.2) is 83.8 Å². The predicted molar refractivity (Wildman–Crippen MR) is 136 cm³/mol. The number of aromatic hydroxyl groups is 1. The van der Waals surface area contributed by atoms with Gasteiger partial charge in [-0.25, -0.2) is 12.8 Å². The Morgan fingerprint density at radius 1 is 0.857 bits per heavy atom. The highest BCUT2D eigenvalue weighted by Crippen LogP contribution is 2.36. The number of hydrogen-bond donors (Lipinski definition) is 1. The van der Waals surface area contributed by atoms with E-state index < -0.39 is 26.5 Å². The summed E-state index contributed by atoms with van der Waals surface area (Å²) in [4.78, 5) is 4.17. The van der Waals surface area contributed by atoms with E-state index in [1.54, 1.807) is 30.3 Å². The van der Waals surface area contributed by atoms with Gasteiger partial charge in [-0.1, -0.05) is 65.1 Å². The molecule has 0 spiro atoms. The van der Waals surface area contributed by atoms with Crippen molar-refractivity contribution in [2.24, 2.45) is 0 Å². The van der Waals surface area contributed by atoms with E-state index >= 15 is 0 Å². The second-order valence-electron chi connectivity index (χ2n) is 7.65. The molecule has 4 rings (SSSR count). The van der Waals surface area contributed by atoms with Gasteiger partial charge in [0.2, 0.25) is 10.0 Å². The summed E-state index contributed by atoms with van der Waals surface area (Å²) < 4.78 is 41.9. The summed E-state index contributed by atoms with van der Waals surface area (Å²) in [5.74, 6) is -1.05. The molecule has 180 valence electrons. The van der Waals surface area contributed by atoms with Crippen LogP contribution in [0.1, 0.15) is 11.3 Å². The molecule has 0 saturated carbocycles. The molecule has 1 N–H and O–H groups in total. The number of phenolic OH excluding ortho intramolecular Hbond substituents is 1. The van der Waals surface area contributed by atoms with Crippen LogP contribution in [0.4, 0.5) is 4.39 Å². The van der Waals surface area contributed by atoms with Gasteiger partial charge in [-0.3, -0.25) is 4.98 Å². The van der Waals surface area contributed by atoms with Gasteiger partial charge in [0.25, 0.3) is 0 Å². The van der Waals surface area contributed by atoms with Gasteiger partial charge in [0.1, 0.15) is 10.7 Å². The molecule has 0 saturated heterocycles. The lowest BCUT2D eigenvalue weighted by atomic mass is 10.1. The van der Waals surface area contributed by atoms with Crippen LogP contribution in [-0.2, 0) is 23.1 Å². The number of hydrogen-bond acceptors (Lipinski definition) is 4. The number of sulfonamides is 1. The Labute approximate surface area is 217 Å². The molecule has 1 aromatic heterocycles. The van der Waals surface area contributed by atoms with E-state index in [-0.39, 0.29) is 23.1 Å². The lowest BCUT2D eigenvalue weighted by Gasteiger charge is -2.23. The average molecular weight is 552 g/mol. The van der Waals surface area contributed by atoms with E-state index in [2.05, 4.69) is 4.98 Å². The van der Waals surface area contributed by atoms with E-state index in [0.717, 1.165) is 15.9 Å². The molecule has 35 heavy (non-hydrogen) atoms. The highest BCUT2D eigenvalue weighted by molar-refractivity contribution is 7.89. The van der Waals surface area contributed by atoms with Gasteiger partial charge < -0.3 is 5.11 Å². The van der Waals surface area contributed by atoms with Crippen LogP contribution in [0.25, 0.3) is 11.3 Å². The third kappa shape index (κ3) is 5.94. The molecule has 0 amide bonds. The highest BCUT2D eigenvalue weighted by atomic mass is 35.5. The smallest absolute Gasteiger partial charge is 0.247 e.